The summed E-state index contributed by atoms with van der Waals surface area (Å²) in [4.78, 5) is 4.70. The zero-order valence-electron chi connectivity index (χ0n) is 15.3. The summed E-state index contributed by atoms with van der Waals surface area (Å²) in [5, 5.41) is 2.33. The molecule has 2 aromatic carbocycles. The highest BCUT2D eigenvalue weighted by Gasteiger charge is 2.24. The van der Waals surface area contributed by atoms with Crippen LogP contribution >= 0.6 is 0 Å². The number of hydrogen-bond donors (Lipinski definition) is 0. The maximum atomic E-state index is 6.40. The molecule has 0 spiro atoms. The summed E-state index contributed by atoms with van der Waals surface area (Å²) in [5.41, 5.74) is 4.47. The van der Waals surface area contributed by atoms with E-state index in [9.17, 15) is 0 Å². The summed E-state index contributed by atoms with van der Waals surface area (Å²) in [5.74, 6) is 2.83. The molecule has 3 heteroatoms. The molecule has 25 heavy (non-hydrogen) atoms. The van der Waals surface area contributed by atoms with Crippen LogP contribution in [0.4, 0.5) is 0 Å². The van der Waals surface area contributed by atoms with Gasteiger partial charge in [0.2, 0.25) is 0 Å². The number of allylic oxidation sites excluding steroid dienone is 2. The van der Waals surface area contributed by atoms with Crippen LogP contribution in [0, 0.1) is 0 Å². The van der Waals surface area contributed by atoms with Crippen molar-refractivity contribution in [2.75, 3.05) is 0 Å². The lowest BCUT2D eigenvalue weighted by molar-refractivity contribution is 0.403. The SMILES string of the molecule is CCCCC1=C(CCC)Oc2cc3oc(CC)nc3c3cccc1c23. The van der Waals surface area contributed by atoms with Crippen LogP contribution in [0.5, 0.6) is 5.75 Å². The Morgan fingerprint density at radius 3 is 2.68 bits per heavy atom. The van der Waals surface area contributed by atoms with Crippen molar-refractivity contribution in [3.8, 4) is 5.75 Å². The minimum Gasteiger partial charge on any atom is -0.461 e. The van der Waals surface area contributed by atoms with Gasteiger partial charge in [0.25, 0.3) is 0 Å². The molecule has 0 unspecified atom stereocenters. The summed E-state index contributed by atoms with van der Waals surface area (Å²) in [6, 6.07) is 8.54. The van der Waals surface area contributed by atoms with E-state index in [0.29, 0.717) is 0 Å². The predicted molar refractivity (Wildman–Crippen MR) is 103 cm³/mol. The van der Waals surface area contributed by atoms with E-state index in [0.717, 1.165) is 59.6 Å². The number of unbranched alkanes of at least 4 members (excludes halogenated alkanes) is 1. The van der Waals surface area contributed by atoms with Crippen molar-refractivity contribution >= 4 is 27.4 Å². The number of nitrogens with zero attached hydrogens (tertiary/aromatic N) is 1. The molecule has 4 rings (SSSR count). The third kappa shape index (κ3) is 2.62. The number of aromatic nitrogens is 1. The van der Waals surface area contributed by atoms with Gasteiger partial charge < -0.3 is 9.15 Å². The molecule has 3 nitrogen and oxygen atoms in total. The molecule has 0 bridgehead atoms. The van der Waals surface area contributed by atoms with Crippen molar-refractivity contribution in [1.29, 1.82) is 0 Å². The zero-order valence-corrected chi connectivity index (χ0v) is 15.3. The lowest BCUT2D eigenvalue weighted by atomic mass is 9.90. The molecule has 0 fully saturated rings. The molecule has 0 saturated carbocycles. The number of fused-ring (bicyclic) bond motifs is 2. The molecule has 0 radical (unpaired) electrons. The number of benzene rings is 2. The van der Waals surface area contributed by atoms with Crippen LogP contribution in [-0.2, 0) is 6.42 Å². The van der Waals surface area contributed by atoms with Crippen LogP contribution < -0.4 is 4.74 Å². The van der Waals surface area contributed by atoms with Crippen molar-refractivity contribution in [2.24, 2.45) is 0 Å². The molecular weight excluding hydrogens is 310 g/mol. The molecule has 1 aliphatic rings. The fourth-order valence-electron chi connectivity index (χ4n) is 3.76. The smallest absolute Gasteiger partial charge is 0.195 e. The highest BCUT2D eigenvalue weighted by atomic mass is 16.5. The van der Waals surface area contributed by atoms with Crippen molar-refractivity contribution in [2.45, 2.75) is 59.3 Å². The van der Waals surface area contributed by atoms with Gasteiger partial charge in [-0.3, -0.25) is 0 Å². The topological polar surface area (TPSA) is 35.3 Å². The minimum atomic E-state index is 0.783. The first-order chi connectivity index (χ1) is 12.3. The first-order valence-corrected chi connectivity index (χ1v) is 9.52. The van der Waals surface area contributed by atoms with Gasteiger partial charge in [-0.2, -0.15) is 0 Å². The second-order valence-electron chi connectivity index (χ2n) is 6.77. The molecule has 1 aliphatic heterocycles. The quantitative estimate of drug-likeness (QED) is 0.506. The number of ether oxygens (including phenoxy) is 1. The van der Waals surface area contributed by atoms with Crippen molar-refractivity contribution in [1.82, 2.24) is 4.98 Å². The van der Waals surface area contributed by atoms with Gasteiger partial charge in [-0.05, 0) is 30.4 Å². The molecule has 0 aliphatic carbocycles. The normalized spacial score (nSPS) is 13.7. The summed E-state index contributed by atoms with van der Waals surface area (Å²) >= 11 is 0. The Labute approximate surface area is 148 Å². The van der Waals surface area contributed by atoms with E-state index in [-0.39, 0.29) is 0 Å². The van der Waals surface area contributed by atoms with E-state index < -0.39 is 0 Å². The summed E-state index contributed by atoms with van der Waals surface area (Å²) < 4.78 is 12.3. The maximum absolute atomic E-state index is 6.40. The molecule has 0 amide bonds. The van der Waals surface area contributed by atoms with Crippen LogP contribution in [-0.4, -0.2) is 4.98 Å². The lowest BCUT2D eigenvalue weighted by Gasteiger charge is -2.24. The Kier molecular flexibility index (Phi) is 4.24. The number of oxazole rings is 1. The van der Waals surface area contributed by atoms with Crippen molar-refractivity contribution in [3.05, 3.63) is 41.5 Å². The van der Waals surface area contributed by atoms with Crippen molar-refractivity contribution in [3.63, 3.8) is 0 Å². The number of hydrogen-bond acceptors (Lipinski definition) is 3. The van der Waals surface area contributed by atoms with Crippen LogP contribution in [0.15, 0.2) is 34.4 Å². The van der Waals surface area contributed by atoms with Gasteiger partial charge in [0, 0.05) is 29.7 Å². The largest absolute Gasteiger partial charge is 0.461 e. The third-order valence-corrected chi connectivity index (χ3v) is 4.98. The summed E-state index contributed by atoms with van der Waals surface area (Å²) in [6.07, 6.45) is 6.30. The van der Waals surface area contributed by atoms with Crippen LogP contribution in [0.3, 0.4) is 0 Å². The molecule has 0 atom stereocenters. The van der Waals surface area contributed by atoms with Gasteiger partial charge in [-0.15, -0.1) is 0 Å². The Morgan fingerprint density at radius 1 is 1.04 bits per heavy atom. The average molecular weight is 335 g/mol. The van der Waals surface area contributed by atoms with Gasteiger partial charge in [0.15, 0.2) is 11.5 Å². The minimum absolute atomic E-state index is 0.783. The first kappa shape index (κ1) is 16.2. The summed E-state index contributed by atoms with van der Waals surface area (Å²) in [6.45, 7) is 6.51. The highest BCUT2D eigenvalue weighted by Crippen LogP contribution is 2.45. The summed E-state index contributed by atoms with van der Waals surface area (Å²) in [7, 11) is 0. The molecule has 0 saturated heterocycles. The standard InChI is InChI=1S/C22H25NO2/c1-4-7-10-14-15-11-8-12-16-21(15)18(24-17(14)9-5-2)13-19-22(16)23-20(6-3)25-19/h8,11-13H,4-7,9-10H2,1-3H3. The van der Waals surface area contributed by atoms with E-state index in [1.807, 2.05) is 6.07 Å². The Bertz CT molecular complexity index is 965. The van der Waals surface area contributed by atoms with E-state index in [1.54, 1.807) is 0 Å². The molecule has 3 aromatic rings. The number of rotatable bonds is 6. The molecule has 0 N–H and O–H groups in total. The highest BCUT2D eigenvalue weighted by molar-refractivity contribution is 6.11. The average Bonchev–Trinajstić information content (AvgIpc) is 3.05. The second kappa shape index (κ2) is 6.55. The molecular formula is C22H25NO2. The van der Waals surface area contributed by atoms with Gasteiger partial charge in [0.05, 0.1) is 0 Å². The number of aryl methyl sites for hydroxylation is 1. The Balaban J connectivity index is 1.98. The van der Waals surface area contributed by atoms with Crippen molar-refractivity contribution < 1.29 is 9.15 Å². The van der Waals surface area contributed by atoms with E-state index in [1.165, 1.54) is 29.4 Å². The Hall–Kier alpha value is -2.29. The first-order valence-electron chi connectivity index (χ1n) is 9.52. The molecule has 130 valence electrons. The molecule has 2 heterocycles. The monoisotopic (exact) mass is 335 g/mol. The second-order valence-corrected chi connectivity index (χ2v) is 6.77. The van der Waals surface area contributed by atoms with E-state index >= 15 is 0 Å². The van der Waals surface area contributed by atoms with Crippen LogP contribution in [0.2, 0.25) is 0 Å². The van der Waals surface area contributed by atoms with Gasteiger partial charge in [0.1, 0.15) is 17.0 Å². The third-order valence-electron chi connectivity index (χ3n) is 4.98. The maximum Gasteiger partial charge on any atom is 0.195 e. The predicted octanol–water partition coefficient (Wildman–Crippen LogP) is 6.64. The van der Waals surface area contributed by atoms with E-state index in [4.69, 9.17) is 14.1 Å². The van der Waals surface area contributed by atoms with Gasteiger partial charge in [-0.1, -0.05) is 45.4 Å². The fourth-order valence-corrected chi connectivity index (χ4v) is 3.76. The molecule has 1 aromatic heterocycles. The van der Waals surface area contributed by atoms with Gasteiger partial charge >= 0.3 is 0 Å². The van der Waals surface area contributed by atoms with E-state index in [2.05, 4.69) is 39.0 Å². The van der Waals surface area contributed by atoms with Crippen LogP contribution in [0.25, 0.3) is 27.4 Å². The van der Waals surface area contributed by atoms with Gasteiger partial charge in [-0.25, -0.2) is 4.98 Å². The van der Waals surface area contributed by atoms with Crippen LogP contribution in [0.1, 0.15) is 64.3 Å². The zero-order chi connectivity index (χ0) is 17.4. The Morgan fingerprint density at radius 2 is 1.92 bits per heavy atom. The fraction of sp³-hybridized carbons (Fsp3) is 0.409. The lowest BCUT2D eigenvalue weighted by Crippen LogP contribution is -2.07.